The Morgan fingerprint density at radius 2 is 1.87 bits per heavy atom. The van der Waals surface area contributed by atoms with Crippen molar-refractivity contribution < 1.29 is 19.0 Å². The van der Waals surface area contributed by atoms with E-state index >= 15 is 0 Å². The van der Waals surface area contributed by atoms with Crippen LogP contribution in [0.5, 0.6) is 5.75 Å². The molecule has 0 bridgehead atoms. The van der Waals surface area contributed by atoms with E-state index in [2.05, 4.69) is 30.0 Å². The highest BCUT2D eigenvalue weighted by Gasteiger charge is 2.32. The third kappa shape index (κ3) is 3.99. The van der Waals surface area contributed by atoms with Crippen LogP contribution in [0.4, 0.5) is 4.39 Å². The number of carboxylic acid groups (broad SMARTS) is 1. The summed E-state index contributed by atoms with van der Waals surface area (Å²) in [7, 11) is 0. The van der Waals surface area contributed by atoms with Crippen molar-refractivity contribution in [3.8, 4) is 5.75 Å². The minimum Gasteiger partial charge on any atom is -0.488 e. The van der Waals surface area contributed by atoms with Crippen LogP contribution in [0, 0.1) is 18.2 Å². The van der Waals surface area contributed by atoms with Crippen molar-refractivity contribution in [2.75, 3.05) is 19.6 Å². The van der Waals surface area contributed by atoms with E-state index in [1.54, 1.807) is 26.0 Å². The number of rotatable bonds is 3. The number of aliphatic carboxylic acids is 1. The number of piperidine rings is 1. The molecule has 0 saturated carbocycles. The molecule has 0 spiro atoms. The molecule has 2 heterocycles. The first-order chi connectivity index (χ1) is 14.2. The average Bonchev–Trinajstić information content (AvgIpc) is 2.84. The van der Waals surface area contributed by atoms with Crippen molar-refractivity contribution in [3.05, 3.63) is 70.0 Å². The lowest BCUT2D eigenvalue weighted by Gasteiger charge is -2.34. The van der Waals surface area contributed by atoms with E-state index in [0.717, 1.165) is 48.2 Å². The molecule has 5 heteroatoms. The highest BCUT2D eigenvalue weighted by atomic mass is 19.1. The van der Waals surface area contributed by atoms with Crippen molar-refractivity contribution in [2.24, 2.45) is 5.41 Å². The normalized spacial score (nSPS) is 17.1. The molecule has 0 atom stereocenters. The van der Waals surface area contributed by atoms with Gasteiger partial charge in [0.25, 0.3) is 0 Å². The molecule has 4 nitrogen and oxygen atoms in total. The quantitative estimate of drug-likeness (QED) is 0.772. The third-order valence-electron chi connectivity index (χ3n) is 6.14. The second-order valence-corrected chi connectivity index (χ2v) is 9.03. The molecule has 1 fully saturated rings. The summed E-state index contributed by atoms with van der Waals surface area (Å²) in [6.07, 6.45) is 1.66. The predicted molar refractivity (Wildman–Crippen MR) is 115 cm³/mol. The molecular formula is C25H28FNO3. The predicted octanol–water partition coefficient (Wildman–Crippen LogP) is 5.04. The first-order valence-electron chi connectivity index (χ1n) is 10.4. The van der Waals surface area contributed by atoms with Gasteiger partial charge in [-0.3, -0.25) is 4.79 Å². The lowest BCUT2D eigenvalue weighted by atomic mass is 9.85. The first-order valence-corrected chi connectivity index (χ1v) is 10.4. The number of nitrogens with zero attached hydrogens (tertiary/aromatic N) is 1. The van der Waals surface area contributed by atoms with Gasteiger partial charge < -0.3 is 14.7 Å². The maximum Gasteiger partial charge on any atom is 0.310 e. The van der Waals surface area contributed by atoms with Gasteiger partial charge in [-0.15, -0.1) is 0 Å². The van der Waals surface area contributed by atoms with Crippen molar-refractivity contribution in [3.63, 3.8) is 0 Å². The van der Waals surface area contributed by atoms with Gasteiger partial charge in [0.2, 0.25) is 0 Å². The lowest BCUT2D eigenvalue weighted by molar-refractivity contribution is -0.148. The number of aryl methyl sites for hydroxylation is 1. The van der Waals surface area contributed by atoms with Gasteiger partial charge in [-0.05, 0) is 68.5 Å². The average molecular weight is 410 g/mol. The van der Waals surface area contributed by atoms with E-state index < -0.39 is 11.4 Å². The van der Waals surface area contributed by atoms with Crippen molar-refractivity contribution in [1.82, 2.24) is 4.90 Å². The number of ether oxygens (including phenoxy) is 1. The molecule has 0 amide bonds. The molecule has 4 rings (SSSR count). The van der Waals surface area contributed by atoms with E-state index in [-0.39, 0.29) is 5.82 Å². The van der Waals surface area contributed by atoms with Crippen LogP contribution in [0.2, 0.25) is 0 Å². The number of hydrogen-bond donors (Lipinski definition) is 1. The molecule has 2 aromatic carbocycles. The fraction of sp³-hybridized carbons (Fsp3) is 0.400. The van der Waals surface area contributed by atoms with Crippen molar-refractivity contribution in [1.29, 1.82) is 0 Å². The van der Waals surface area contributed by atoms with Crippen LogP contribution in [-0.2, 0) is 11.4 Å². The number of carbonyl (C=O) groups is 1. The Bertz CT molecular complexity index is 1020. The van der Waals surface area contributed by atoms with E-state index in [0.29, 0.717) is 18.9 Å². The van der Waals surface area contributed by atoms with E-state index in [4.69, 9.17) is 4.74 Å². The number of carboxylic acids is 1. The number of likely N-dealkylation sites (tertiary alicyclic amines) is 1. The summed E-state index contributed by atoms with van der Waals surface area (Å²) in [5.74, 6) is -0.338. The number of hydrogen-bond acceptors (Lipinski definition) is 3. The smallest absolute Gasteiger partial charge is 0.310 e. The van der Waals surface area contributed by atoms with Gasteiger partial charge in [0.15, 0.2) is 0 Å². The zero-order valence-corrected chi connectivity index (χ0v) is 17.8. The molecular weight excluding hydrogens is 381 g/mol. The SMILES string of the molecule is Cc1ccc2c(c1)COc1ccc(F)cc1C2=C1CCN(CC(C)(C)C(=O)O)CC1. The van der Waals surface area contributed by atoms with Gasteiger partial charge in [-0.2, -0.15) is 0 Å². The van der Waals surface area contributed by atoms with Crippen molar-refractivity contribution in [2.45, 2.75) is 40.2 Å². The second-order valence-electron chi connectivity index (χ2n) is 9.03. The molecule has 158 valence electrons. The third-order valence-corrected chi connectivity index (χ3v) is 6.14. The molecule has 0 aliphatic carbocycles. The van der Waals surface area contributed by atoms with Gasteiger partial charge in [-0.25, -0.2) is 4.39 Å². The van der Waals surface area contributed by atoms with Crippen LogP contribution in [-0.4, -0.2) is 35.6 Å². The topological polar surface area (TPSA) is 49.8 Å². The molecule has 0 radical (unpaired) electrons. The largest absolute Gasteiger partial charge is 0.488 e. The summed E-state index contributed by atoms with van der Waals surface area (Å²) in [6, 6.07) is 11.1. The molecule has 2 aromatic rings. The molecule has 1 N–H and O–H groups in total. The van der Waals surface area contributed by atoms with Crippen LogP contribution >= 0.6 is 0 Å². The van der Waals surface area contributed by atoms with Gasteiger partial charge in [0.05, 0.1) is 5.41 Å². The Hall–Kier alpha value is -2.66. The molecule has 0 unspecified atom stereocenters. The number of fused-ring (bicyclic) bond motifs is 2. The Morgan fingerprint density at radius 3 is 2.57 bits per heavy atom. The Balaban J connectivity index is 1.72. The van der Waals surface area contributed by atoms with Crippen molar-refractivity contribution >= 4 is 11.5 Å². The summed E-state index contributed by atoms with van der Waals surface area (Å²) < 4.78 is 20.2. The van der Waals surface area contributed by atoms with Gasteiger partial charge in [0, 0.05) is 25.2 Å². The lowest BCUT2D eigenvalue weighted by Crippen LogP contribution is -2.42. The van der Waals surface area contributed by atoms with Crippen LogP contribution in [0.3, 0.4) is 0 Å². The molecule has 1 saturated heterocycles. The van der Waals surface area contributed by atoms with Crippen LogP contribution in [0.25, 0.3) is 5.57 Å². The summed E-state index contributed by atoms with van der Waals surface area (Å²) >= 11 is 0. The summed E-state index contributed by atoms with van der Waals surface area (Å²) in [5, 5.41) is 9.44. The van der Waals surface area contributed by atoms with Crippen LogP contribution in [0.1, 0.15) is 48.9 Å². The Morgan fingerprint density at radius 1 is 1.13 bits per heavy atom. The second kappa shape index (κ2) is 7.88. The minimum atomic E-state index is -0.777. The number of benzene rings is 2. The summed E-state index contributed by atoms with van der Waals surface area (Å²) in [4.78, 5) is 13.7. The Labute approximate surface area is 177 Å². The monoisotopic (exact) mass is 409 g/mol. The molecule has 0 aromatic heterocycles. The zero-order valence-electron chi connectivity index (χ0n) is 17.8. The minimum absolute atomic E-state index is 0.272. The maximum atomic E-state index is 14.2. The van der Waals surface area contributed by atoms with E-state index in [9.17, 15) is 14.3 Å². The van der Waals surface area contributed by atoms with Crippen LogP contribution in [0.15, 0.2) is 42.0 Å². The van der Waals surface area contributed by atoms with Gasteiger partial charge in [-0.1, -0.05) is 29.3 Å². The highest BCUT2D eigenvalue weighted by molar-refractivity contribution is 5.87. The zero-order chi connectivity index (χ0) is 21.5. The van der Waals surface area contributed by atoms with Gasteiger partial charge >= 0.3 is 5.97 Å². The first kappa shape index (κ1) is 20.6. The van der Waals surface area contributed by atoms with E-state index in [1.165, 1.54) is 17.2 Å². The van der Waals surface area contributed by atoms with E-state index in [1.807, 2.05) is 0 Å². The molecule has 30 heavy (non-hydrogen) atoms. The van der Waals surface area contributed by atoms with Crippen LogP contribution < -0.4 is 4.74 Å². The highest BCUT2D eigenvalue weighted by Crippen LogP contribution is 2.41. The fourth-order valence-electron chi connectivity index (χ4n) is 4.45. The standard InChI is InChI=1S/C25H28FNO3/c1-16-4-6-20-18(12-16)14-30-22-7-5-19(26)13-21(22)23(20)17-8-10-27(11-9-17)15-25(2,3)24(28)29/h4-7,12-13H,8-11,14-15H2,1-3H3,(H,28,29). The Kier molecular flexibility index (Phi) is 5.41. The summed E-state index contributed by atoms with van der Waals surface area (Å²) in [6.45, 7) is 8.17. The van der Waals surface area contributed by atoms with Gasteiger partial charge in [0.1, 0.15) is 18.2 Å². The maximum absolute atomic E-state index is 14.2. The molecule has 2 aliphatic heterocycles. The fourth-order valence-corrected chi connectivity index (χ4v) is 4.45. The summed E-state index contributed by atoms with van der Waals surface area (Å²) in [5.41, 5.74) is 5.79. The molecule has 2 aliphatic rings. The number of halogens is 1.